The Bertz CT molecular complexity index is 315. The highest BCUT2D eigenvalue weighted by molar-refractivity contribution is 5.21. The first-order chi connectivity index (χ1) is 8.83. The van der Waals surface area contributed by atoms with Crippen LogP contribution in [0.4, 0.5) is 4.39 Å². The van der Waals surface area contributed by atoms with Crippen molar-refractivity contribution in [1.82, 2.24) is 0 Å². The van der Waals surface area contributed by atoms with Gasteiger partial charge in [0.05, 0.1) is 6.61 Å². The predicted octanol–water partition coefficient (Wildman–Crippen LogP) is 3.99. The van der Waals surface area contributed by atoms with Crippen LogP contribution in [0.15, 0.2) is 18.2 Å². The van der Waals surface area contributed by atoms with Crippen LogP contribution < -0.4 is 4.74 Å². The van der Waals surface area contributed by atoms with Crippen LogP contribution in [0.3, 0.4) is 0 Å². The van der Waals surface area contributed by atoms with E-state index in [1.807, 2.05) is 6.92 Å². The van der Waals surface area contributed by atoms with Gasteiger partial charge in [0.25, 0.3) is 0 Å². The SMILES string of the molecule is CCOCCCCCCCOc1cc[c]c(F)c1. The van der Waals surface area contributed by atoms with Gasteiger partial charge in [0.2, 0.25) is 0 Å². The second-order valence-corrected chi connectivity index (χ2v) is 4.19. The summed E-state index contributed by atoms with van der Waals surface area (Å²) in [5.41, 5.74) is 0. The van der Waals surface area contributed by atoms with Gasteiger partial charge in [-0.3, -0.25) is 0 Å². The third kappa shape index (κ3) is 7.28. The Balaban J connectivity index is 1.92. The molecule has 101 valence electrons. The molecule has 1 aromatic carbocycles. The van der Waals surface area contributed by atoms with E-state index in [1.165, 1.54) is 18.9 Å². The molecule has 3 heteroatoms. The van der Waals surface area contributed by atoms with Crippen LogP contribution in [-0.4, -0.2) is 19.8 Å². The number of ether oxygens (including phenoxy) is 2. The maximum atomic E-state index is 12.8. The van der Waals surface area contributed by atoms with Gasteiger partial charge in [0, 0.05) is 25.3 Å². The molecule has 0 aromatic heterocycles. The molecule has 0 amide bonds. The van der Waals surface area contributed by atoms with Gasteiger partial charge in [-0.15, -0.1) is 0 Å². The zero-order valence-corrected chi connectivity index (χ0v) is 11.1. The number of rotatable bonds is 10. The maximum absolute atomic E-state index is 12.8. The van der Waals surface area contributed by atoms with Gasteiger partial charge in [-0.25, -0.2) is 4.39 Å². The van der Waals surface area contributed by atoms with E-state index in [4.69, 9.17) is 9.47 Å². The van der Waals surface area contributed by atoms with Crippen molar-refractivity contribution in [2.24, 2.45) is 0 Å². The number of unbranched alkanes of at least 4 members (excludes halogenated alkanes) is 4. The van der Waals surface area contributed by atoms with E-state index in [-0.39, 0.29) is 5.82 Å². The molecular weight excluding hydrogens is 231 g/mol. The molecule has 0 fully saturated rings. The van der Waals surface area contributed by atoms with E-state index >= 15 is 0 Å². The number of halogens is 1. The molecule has 0 heterocycles. The van der Waals surface area contributed by atoms with Crippen molar-refractivity contribution in [3.05, 3.63) is 30.1 Å². The summed E-state index contributed by atoms with van der Waals surface area (Å²) in [6.07, 6.45) is 5.69. The van der Waals surface area contributed by atoms with Crippen LogP contribution in [0.25, 0.3) is 0 Å². The lowest BCUT2D eigenvalue weighted by atomic mass is 10.1. The van der Waals surface area contributed by atoms with Crippen LogP contribution in [0.5, 0.6) is 5.75 Å². The van der Waals surface area contributed by atoms with Crippen molar-refractivity contribution in [1.29, 1.82) is 0 Å². The molecular formula is C15H22FO2. The average Bonchev–Trinajstić information content (AvgIpc) is 2.37. The largest absolute Gasteiger partial charge is 0.493 e. The highest BCUT2D eigenvalue weighted by Crippen LogP contribution is 2.12. The highest BCUT2D eigenvalue weighted by Gasteiger charge is 1.96. The zero-order chi connectivity index (χ0) is 13.1. The van der Waals surface area contributed by atoms with E-state index in [2.05, 4.69) is 6.07 Å². The molecule has 18 heavy (non-hydrogen) atoms. The number of benzene rings is 1. The lowest BCUT2D eigenvalue weighted by Crippen LogP contribution is -1.98. The fourth-order valence-electron chi connectivity index (χ4n) is 1.68. The Morgan fingerprint density at radius 1 is 1.11 bits per heavy atom. The molecule has 0 saturated heterocycles. The van der Waals surface area contributed by atoms with Crippen LogP contribution in [0, 0.1) is 11.9 Å². The molecule has 0 aliphatic carbocycles. The summed E-state index contributed by atoms with van der Waals surface area (Å²) in [7, 11) is 0. The van der Waals surface area contributed by atoms with Gasteiger partial charge in [-0.2, -0.15) is 0 Å². The van der Waals surface area contributed by atoms with Crippen molar-refractivity contribution in [2.75, 3.05) is 19.8 Å². The summed E-state index contributed by atoms with van der Waals surface area (Å²) in [6.45, 7) is 4.34. The fraction of sp³-hybridized carbons (Fsp3) is 0.600. The van der Waals surface area contributed by atoms with Crippen molar-refractivity contribution in [3.63, 3.8) is 0 Å². The maximum Gasteiger partial charge on any atom is 0.134 e. The van der Waals surface area contributed by atoms with E-state index in [0.717, 1.165) is 32.5 Å². The molecule has 1 aromatic rings. The van der Waals surface area contributed by atoms with Gasteiger partial charge >= 0.3 is 0 Å². The van der Waals surface area contributed by atoms with Crippen molar-refractivity contribution < 1.29 is 13.9 Å². The lowest BCUT2D eigenvalue weighted by Gasteiger charge is -2.06. The average molecular weight is 253 g/mol. The Kier molecular flexibility index (Phi) is 8.23. The highest BCUT2D eigenvalue weighted by atomic mass is 19.1. The topological polar surface area (TPSA) is 18.5 Å². The van der Waals surface area contributed by atoms with Gasteiger partial charge in [0.1, 0.15) is 11.6 Å². The summed E-state index contributed by atoms with van der Waals surface area (Å²) in [5, 5.41) is 0. The van der Waals surface area contributed by atoms with E-state index in [1.54, 1.807) is 12.1 Å². The first-order valence-corrected chi connectivity index (χ1v) is 6.70. The zero-order valence-electron chi connectivity index (χ0n) is 11.1. The standard InChI is InChI=1S/C15H22FO2/c1-2-17-11-6-4-3-5-7-12-18-15-10-8-9-14(16)13-15/h8,10,13H,2-7,11-12H2,1H3. The first-order valence-electron chi connectivity index (χ1n) is 6.70. The van der Waals surface area contributed by atoms with Gasteiger partial charge in [-0.1, -0.05) is 19.3 Å². The van der Waals surface area contributed by atoms with Gasteiger partial charge in [0.15, 0.2) is 0 Å². The van der Waals surface area contributed by atoms with E-state index in [9.17, 15) is 4.39 Å². The van der Waals surface area contributed by atoms with Crippen molar-refractivity contribution in [2.45, 2.75) is 39.0 Å². The molecule has 1 rings (SSSR count). The van der Waals surface area contributed by atoms with Crippen molar-refractivity contribution >= 4 is 0 Å². The quantitative estimate of drug-likeness (QED) is 0.587. The molecule has 0 saturated carbocycles. The monoisotopic (exact) mass is 253 g/mol. The third-order valence-corrected chi connectivity index (χ3v) is 2.64. The molecule has 2 nitrogen and oxygen atoms in total. The molecule has 0 unspecified atom stereocenters. The third-order valence-electron chi connectivity index (χ3n) is 2.64. The van der Waals surface area contributed by atoms with Crippen LogP contribution in [-0.2, 0) is 4.74 Å². The molecule has 0 aliphatic rings. The van der Waals surface area contributed by atoms with Crippen LogP contribution >= 0.6 is 0 Å². The van der Waals surface area contributed by atoms with Gasteiger partial charge < -0.3 is 9.47 Å². The molecule has 0 aliphatic heterocycles. The van der Waals surface area contributed by atoms with Gasteiger partial charge in [-0.05, 0) is 31.9 Å². The summed E-state index contributed by atoms with van der Waals surface area (Å²) in [6, 6.07) is 7.08. The molecule has 0 spiro atoms. The molecule has 1 radical (unpaired) electrons. The number of hydrogen-bond donors (Lipinski definition) is 0. The predicted molar refractivity (Wildman–Crippen MR) is 70.3 cm³/mol. The summed E-state index contributed by atoms with van der Waals surface area (Å²) < 4.78 is 23.5. The normalized spacial score (nSPS) is 10.6. The fourth-order valence-corrected chi connectivity index (χ4v) is 1.68. The molecule has 0 N–H and O–H groups in total. The Labute approximate surface area is 109 Å². The minimum Gasteiger partial charge on any atom is -0.493 e. The van der Waals surface area contributed by atoms with E-state index < -0.39 is 0 Å². The minimum absolute atomic E-state index is 0.372. The first kappa shape index (κ1) is 15.0. The lowest BCUT2D eigenvalue weighted by molar-refractivity contribution is 0.142. The molecule has 0 atom stereocenters. The second-order valence-electron chi connectivity index (χ2n) is 4.19. The summed E-state index contributed by atoms with van der Waals surface area (Å²) in [5.74, 6) is 0.214. The molecule has 0 bridgehead atoms. The number of hydrogen-bond acceptors (Lipinski definition) is 2. The Morgan fingerprint density at radius 2 is 1.83 bits per heavy atom. The minimum atomic E-state index is -0.372. The smallest absolute Gasteiger partial charge is 0.134 e. The van der Waals surface area contributed by atoms with Crippen molar-refractivity contribution in [3.8, 4) is 5.75 Å². The second kappa shape index (κ2) is 9.89. The Hall–Kier alpha value is -1.09. The summed E-state index contributed by atoms with van der Waals surface area (Å²) >= 11 is 0. The van der Waals surface area contributed by atoms with Crippen LogP contribution in [0.1, 0.15) is 39.0 Å². The summed E-state index contributed by atoms with van der Waals surface area (Å²) in [4.78, 5) is 0. The Morgan fingerprint density at radius 3 is 2.56 bits per heavy atom. The van der Waals surface area contributed by atoms with Crippen LogP contribution in [0.2, 0.25) is 0 Å². The van der Waals surface area contributed by atoms with E-state index in [0.29, 0.717) is 12.4 Å².